The van der Waals surface area contributed by atoms with Crippen LogP contribution in [0.4, 0.5) is 0 Å². The van der Waals surface area contributed by atoms with E-state index in [1.54, 1.807) is 0 Å². The predicted octanol–water partition coefficient (Wildman–Crippen LogP) is 2.27. The van der Waals surface area contributed by atoms with Crippen LogP contribution in [-0.4, -0.2) is 46.8 Å². The topological polar surface area (TPSA) is 49.8 Å². The molecule has 0 aromatic carbocycles. The van der Waals surface area contributed by atoms with Crippen molar-refractivity contribution in [2.45, 2.75) is 70.1 Å². The fourth-order valence-electron chi connectivity index (χ4n) is 3.81. The van der Waals surface area contributed by atoms with Crippen LogP contribution >= 0.6 is 0 Å². The number of hydrogen-bond donors (Lipinski definition) is 1. The first-order valence-electron chi connectivity index (χ1n) is 7.14. The number of nitrogens with zero attached hydrogens (tertiary/aromatic N) is 1. The van der Waals surface area contributed by atoms with Gasteiger partial charge in [0.2, 0.25) is 0 Å². The van der Waals surface area contributed by atoms with E-state index in [0.29, 0.717) is 0 Å². The van der Waals surface area contributed by atoms with Crippen LogP contribution in [0.5, 0.6) is 0 Å². The number of hydrogen-bond acceptors (Lipinski definition) is 3. The van der Waals surface area contributed by atoms with E-state index in [1.807, 2.05) is 0 Å². The molecule has 0 aliphatic carbocycles. The van der Waals surface area contributed by atoms with Gasteiger partial charge in [-0.25, -0.2) is 0 Å². The van der Waals surface area contributed by atoms with Crippen molar-refractivity contribution in [2.75, 3.05) is 13.1 Å². The molecule has 2 heterocycles. The van der Waals surface area contributed by atoms with E-state index in [0.717, 1.165) is 25.9 Å². The Hall–Kier alpha value is -0.610. The van der Waals surface area contributed by atoms with Crippen LogP contribution in [0, 0.1) is 0 Å². The van der Waals surface area contributed by atoms with Gasteiger partial charge in [-0.15, -0.1) is 0 Å². The average Bonchev–Trinajstić information content (AvgIpc) is 2.27. The molecule has 4 nitrogen and oxygen atoms in total. The van der Waals surface area contributed by atoms with E-state index in [4.69, 9.17) is 4.74 Å². The summed E-state index contributed by atoms with van der Waals surface area (Å²) in [5.41, 5.74) is -0.177. The van der Waals surface area contributed by atoms with Gasteiger partial charge >= 0.3 is 5.97 Å². The van der Waals surface area contributed by atoms with Crippen molar-refractivity contribution in [3.63, 3.8) is 0 Å². The van der Waals surface area contributed by atoms with Crippen LogP contribution in [0.25, 0.3) is 0 Å². The highest BCUT2D eigenvalue weighted by Crippen LogP contribution is 2.38. The van der Waals surface area contributed by atoms with Gasteiger partial charge in [0.15, 0.2) is 0 Å². The number of carboxylic acids is 1. The summed E-state index contributed by atoms with van der Waals surface area (Å²) >= 11 is 0. The molecule has 2 atom stereocenters. The lowest BCUT2D eigenvalue weighted by Gasteiger charge is -2.50. The van der Waals surface area contributed by atoms with Gasteiger partial charge in [-0.3, -0.25) is 9.69 Å². The number of carboxylic acid groups (broad SMARTS) is 1. The fourth-order valence-corrected chi connectivity index (χ4v) is 3.81. The molecule has 18 heavy (non-hydrogen) atoms. The highest BCUT2D eigenvalue weighted by molar-refractivity contribution is 5.68. The fraction of sp³-hybridized carbons (Fsp3) is 0.929. The maximum atomic E-state index is 11.3. The molecular formula is C14H25NO3. The molecule has 2 unspecified atom stereocenters. The largest absolute Gasteiger partial charge is 0.481 e. The summed E-state index contributed by atoms with van der Waals surface area (Å²) in [7, 11) is 0. The molecule has 2 aliphatic heterocycles. The van der Waals surface area contributed by atoms with Crippen molar-refractivity contribution in [1.82, 2.24) is 4.90 Å². The molecule has 1 N–H and O–H groups in total. The molecule has 104 valence electrons. The Morgan fingerprint density at radius 2 is 1.78 bits per heavy atom. The summed E-state index contributed by atoms with van der Waals surface area (Å²) in [6.45, 7) is 6.23. The van der Waals surface area contributed by atoms with E-state index in [-0.39, 0.29) is 24.2 Å². The van der Waals surface area contributed by atoms with Crippen molar-refractivity contribution in [2.24, 2.45) is 0 Å². The second kappa shape index (κ2) is 5.57. The third kappa shape index (κ3) is 3.04. The van der Waals surface area contributed by atoms with Gasteiger partial charge in [-0.2, -0.15) is 0 Å². The van der Waals surface area contributed by atoms with E-state index in [1.165, 1.54) is 19.3 Å². The summed E-state index contributed by atoms with van der Waals surface area (Å²) in [5.74, 6) is -0.679. The first kappa shape index (κ1) is 13.8. The minimum atomic E-state index is -0.679. The molecule has 2 rings (SSSR count). The second-order valence-electron chi connectivity index (χ2n) is 6.01. The lowest BCUT2D eigenvalue weighted by Crippen LogP contribution is -2.58. The summed E-state index contributed by atoms with van der Waals surface area (Å²) in [5, 5.41) is 9.27. The molecule has 0 bridgehead atoms. The van der Waals surface area contributed by atoms with Crippen molar-refractivity contribution in [3.05, 3.63) is 0 Å². The minimum Gasteiger partial charge on any atom is -0.481 e. The Morgan fingerprint density at radius 1 is 1.22 bits per heavy atom. The van der Waals surface area contributed by atoms with Crippen LogP contribution in [0.3, 0.4) is 0 Å². The molecule has 0 radical (unpaired) electrons. The van der Waals surface area contributed by atoms with Crippen molar-refractivity contribution >= 4 is 5.97 Å². The maximum Gasteiger partial charge on any atom is 0.305 e. The van der Waals surface area contributed by atoms with Gasteiger partial charge < -0.3 is 9.84 Å². The molecule has 2 saturated heterocycles. The normalized spacial score (nSPS) is 38.6. The number of carbonyl (C=O) groups is 1. The third-order valence-electron chi connectivity index (χ3n) is 4.31. The standard InChI is InChI=1S/C14H25NO3/c1-11-8-14(10-13(16)17,9-12(2)18-11)15-6-4-3-5-7-15/h11-12H,3-10H2,1-2H3,(H,16,17). The maximum absolute atomic E-state index is 11.3. The monoisotopic (exact) mass is 255 g/mol. The van der Waals surface area contributed by atoms with Crippen molar-refractivity contribution in [1.29, 1.82) is 0 Å². The summed E-state index contributed by atoms with van der Waals surface area (Å²) in [4.78, 5) is 13.7. The van der Waals surface area contributed by atoms with E-state index >= 15 is 0 Å². The number of likely N-dealkylation sites (tertiary alicyclic amines) is 1. The Labute approximate surface area is 109 Å². The van der Waals surface area contributed by atoms with Gasteiger partial charge in [0.05, 0.1) is 18.6 Å². The molecule has 0 spiro atoms. The molecule has 0 saturated carbocycles. The van der Waals surface area contributed by atoms with Crippen LogP contribution in [-0.2, 0) is 9.53 Å². The van der Waals surface area contributed by atoms with Crippen molar-refractivity contribution in [3.8, 4) is 0 Å². The first-order valence-corrected chi connectivity index (χ1v) is 7.14. The zero-order chi connectivity index (χ0) is 13.2. The lowest BCUT2D eigenvalue weighted by molar-refractivity contribution is -0.149. The zero-order valence-electron chi connectivity index (χ0n) is 11.5. The number of rotatable bonds is 3. The second-order valence-corrected chi connectivity index (χ2v) is 6.01. The summed E-state index contributed by atoms with van der Waals surface area (Å²) in [6, 6.07) is 0. The molecule has 0 aromatic heterocycles. The van der Waals surface area contributed by atoms with Crippen molar-refractivity contribution < 1.29 is 14.6 Å². The van der Waals surface area contributed by atoms with Gasteiger partial charge in [0, 0.05) is 5.54 Å². The smallest absolute Gasteiger partial charge is 0.305 e. The Balaban J connectivity index is 2.17. The Morgan fingerprint density at radius 3 is 2.28 bits per heavy atom. The zero-order valence-corrected chi connectivity index (χ0v) is 11.5. The quantitative estimate of drug-likeness (QED) is 0.840. The minimum absolute atomic E-state index is 0.162. The predicted molar refractivity (Wildman–Crippen MR) is 69.7 cm³/mol. The number of ether oxygens (including phenoxy) is 1. The van der Waals surface area contributed by atoms with Crippen LogP contribution in [0.2, 0.25) is 0 Å². The number of aliphatic carboxylic acids is 1. The van der Waals surface area contributed by atoms with Crippen LogP contribution < -0.4 is 0 Å². The lowest BCUT2D eigenvalue weighted by atomic mass is 9.79. The Kier molecular flexibility index (Phi) is 4.28. The van der Waals surface area contributed by atoms with Gasteiger partial charge in [-0.1, -0.05) is 6.42 Å². The SMILES string of the molecule is CC1CC(CC(=O)O)(N2CCCCC2)CC(C)O1. The highest BCUT2D eigenvalue weighted by atomic mass is 16.5. The summed E-state index contributed by atoms with van der Waals surface area (Å²) < 4.78 is 5.79. The third-order valence-corrected chi connectivity index (χ3v) is 4.31. The highest BCUT2D eigenvalue weighted by Gasteiger charge is 2.44. The number of piperidine rings is 1. The molecule has 2 aliphatic rings. The van der Waals surface area contributed by atoms with Gasteiger partial charge in [-0.05, 0) is 52.6 Å². The molecule has 0 aromatic rings. The molecule has 2 fully saturated rings. The van der Waals surface area contributed by atoms with Gasteiger partial charge in [0.25, 0.3) is 0 Å². The van der Waals surface area contributed by atoms with Crippen LogP contribution in [0.15, 0.2) is 0 Å². The summed E-state index contributed by atoms with van der Waals surface area (Å²) in [6.07, 6.45) is 5.96. The average molecular weight is 255 g/mol. The van der Waals surface area contributed by atoms with E-state index in [9.17, 15) is 9.90 Å². The Bertz CT molecular complexity index is 289. The first-order chi connectivity index (χ1) is 8.52. The molecule has 0 amide bonds. The van der Waals surface area contributed by atoms with Gasteiger partial charge in [0.1, 0.15) is 0 Å². The van der Waals surface area contributed by atoms with E-state index in [2.05, 4.69) is 18.7 Å². The molecular weight excluding hydrogens is 230 g/mol. The molecule has 4 heteroatoms. The van der Waals surface area contributed by atoms with E-state index < -0.39 is 5.97 Å². The van der Waals surface area contributed by atoms with Crippen LogP contribution in [0.1, 0.15) is 52.4 Å².